The molecule has 2 aromatic carbocycles. The van der Waals surface area contributed by atoms with Crippen molar-refractivity contribution in [1.29, 1.82) is 0 Å². The first kappa shape index (κ1) is 15.4. The van der Waals surface area contributed by atoms with Crippen LogP contribution in [0.2, 0.25) is 0 Å². The Morgan fingerprint density at radius 2 is 1.76 bits per heavy atom. The van der Waals surface area contributed by atoms with Crippen molar-refractivity contribution in [2.45, 2.75) is 31.9 Å². The van der Waals surface area contributed by atoms with Gasteiger partial charge in [0, 0.05) is 6.04 Å². The van der Waals surface area contributed by atoms with Crippen LogP contribution in [0, 0.1) is 0 Å². The van der Waals surface area contributed by atoms with E-state index >= 15 is 0 Å². The molecule has 0 fully saturated rings. The van der Waals surface area contributed by atoms with Crippen molar-refractivity contribution in [3.8, 4) is 5.75 Å². The van der Waals surface area contributed by atoms with E-state index < -0.39 is 6.61 Å². The van der Waals surface area contributed by atoms with Crippen LogP contribution in [0.25, 0.3) is 0 Å². The largest absolute Gasteiger partial charge is 0.435 e. The van der Waals surface area contributed by atoms with Gasteiger partial charge >= 0.3 is 6.61 Å². The summed E-state index contributed by atoms with van der Waals surface area (Å²) in [6.45, 7) is -2.81. The van der Waals surface area contributed by atoms with Crippen molar-refractivity contribution < 1.29 is 13.5 Å². The molecule has 112 valence electrons. The van der Waals surface area contributed by atoms with Gasteiger partial charge < -0.3 is 10.5 Å². The Hall–Kier alpha value is -1.94. The Balaban J connectivity index is 1.86. The van der Waals surface area contributed by atoms with Crippen molar-refractivity contribution in [2.24, 2.45) is 5.73 Å². The number of hydrogen-bond acceptors (Lipinski definition) is 2. The summed E-state index contributed by atoms with van der Waals surface area (Å²) in [5, 5.41) is 0. The molecule has 2 nitrogen and oxygen atoms in total. The predicted octanol–water partition coefficient (Wildman–Crippen LogP) is 4.31. The maximum Gasteiger partial charge on any atom is 0.387 e. The lowest BCUT2D eigenvalue weighted by atomic mass is 9.99. The lowest BCUT2D eigenvalue weighted by Crippen LogP contribution is -2.11. The van der Waals surface area contributed by atoms with Crippen molar-refractivity contribution in [3.05, 3.63) is 65.7 Å². The summed E-state index contributed by atoms with van der Waals surface area (Å²) < 4.78 is 28.8. The number of rotatable bonds is 7. The fourth-order valence-electron chi connectivity index (χ4n) is 2.26. The van der Waals surface area contributed by atoms with Gasteiger partial charge in [0.1, 0.15) is 5.75 Å². The van der Waals surface area contributed by atoms with Crippen LogP contribution in [-0.2, 0) is 6.42 Å². The lowest BCUT2D eigenvalue weighted by Gasteiger charge is -2.13. The van der Waals surface area contributed by atoms with Gasteiger partial charge in [-0.2, -0.15) is 8.78 Å². The van der Waals surface area contributed by atoms with E-state index in [0.717, 1.165) is 24.8 Å². The quantitative estimate of drug-likeness (QED) is 0.825. The molecule has 0 aliphatic rings. The van der Waals surface area contributed by atoms with Crippen molar-refractivity contribution in [1.82, 2.24) is 0 Å². The van der Waals surface area contributed by atoms with Crippen molar-refractivity contribution in [3.63, 3.8) is 0 Å². The predicted molar refractivity (Wildman–Crippen MR) is 79.4 cm³/mol. The van der Waals surface area contributed by atoms with Gasteiger partial charge in [0.25, 0.3) is 0 Å². The molecule has 21 heavy (non-hydrogen) atoms. The molecular weight excluding hydrogens is 272 g/mol. The molecule has 0 saturated carbocycles. The van der Waals surface area contributed by atoms with Gasteiger partial charge in [-0.05, 0) is 42.5 Å². The lowest BCUT2D eigenvalue weighted by molar-refractivity contribution is -0.0499. The molecule has 0 aliphatic heterocycles. The average Bonchev–Trinajstić information content (AvgIpc) is 2.48. The van der Waals surface area contributed by atoms with Crippen LogP contribution >= 0.6 is 0 Å². The average molecular weight is 291 g/mol. The number of ether oxygens (including phenoxy) is 1. The van der Waals surface area contributed by atoms with Gasteiger partial charge in [0.15, 0.2) is 0 Å². The summed E-state index contributed by atoms with van der Waals surface area (Å²) in [5.41, 5.74) is 8.21. The molecule has 0 aromatic heterocycles. The fraction of sp³-hybridized carbons (Fsp3) is 0.294. The monoisotopic (exact) mass is 291 g/mol. The maximum atomic E-state index is 12.2. The number of benzene rings is 2. The first-order valence-corrected chi connectivity index (χ1v) is 6.99. The van der Waals surface area contributed by atoms with E-state index in [2.05, 4.69) is 16.9 Å². The third kappa shape index (κ3) is 5.16. The van der Waals surface area contributed by atoms with Crippen LogP contribution < -0.4 is 10.5 Å². The molecule has 1 unspecified atom stereocenters. The Kier molecular flexibility index (Phi) is 5.69. The summed E-state index contributed by atoms with van der Waals surface area (Å²) in [5.74, 6) is 0.154. The highest BCUT2D eigenvalue weighted by Crippen LogP contribution is 2.22. The normalized spacial score (nSPS) is 12.4. The molecule has 1 atom stereocenters. The maximum absolute atomic E-state index is 12.2. The highest BCUT2D eigenvalue weighted by Gasteiger charge is 2.09. The van der Waals surface area contributed by atoms with Crippen LogP contribution in [0.5, 0.6) is 5.75 Å². The van der Waals surface area contributed by atoms with Gasteiger partial charge in [-0.3, -0.25) is 0 Å². The summed E-state index contributed by atoms with van der Waals surface area (Å²) in [7, 11) is 0. The zero-order chi connectivity index (χ0) is 15.1. The molecule has 0 aliphatic carbocycles. The Morgan fingerprint density at radius 3 is 2.48 bits per heavy atom. The van der Waals surface area contributed by atoms with Crippen LogP contribution in [0.3, 0.4) is 0 Å². The van der Waals surface area contributed by atoms with E-state index in [0.29, 0.717) is 0 Å². The topological polar surface area (TPSA) is 35.2 Å². The molecule has 0 heterocycles. The first-order valence-electron chi connectivity index (χ1n) is 6.99. The van der Waals surface area contributed by atoms with E-state index in [4.69, 9.17) is 5.73 Å². The van der Waals surface area contributed by atoms with Crippen molar-refractivity contribution in [2.75, 3.05) is 0 Å². The first-order chi connectivity index (χ1) is 10.1. The molecule has 0 radical (unpaired) electrons. The third-order valence-corrected chi connectivity index (χ3v) is 3.33. The van der Waals surface area contributed by atoms with Crippen LogP contribution in [0.4, 0.5) is 8.78 Å². The van der Waals surface area contributed by atoms with Gasteiger partial charge in [-0.25, -0.2) is 0 Å². The number of halogens is 2. The molecular formula is C17H19F2NO. The second kappa shape index (κ2) is 7.74. The third-order valence-electron chi connectivity index (χ3n) is 3.33. The second-order valence-corrected chi connectivity index (χ2v) is 4.94. The SMILES string of the molecule is NC(CCCc1ccccc1)c1cccc(OC(F)F)c1. The second-order valence-electron chi connectivity index (χ2n) is 4.94. The number of hydrogen-bond donors (Lipinski definition) is 1. The molecule has 0 saturated heterocycles. The molecule has 2 rings (SSSR count). The standard InChI is InChI=1S/C17H19F2NO/c18-17(19)21-15-10-5-9-14(12-15)16(20)11-4-8-13-6-2-1-3-7-13/h1-3,5-7,9-10,12,16-17H,4,8,11,20H2. The number of alkyl halides is 2. The highest BCUT2D eigenvalue weighted by molar-refractivity contribution is 5.30. The van der Waals surface area contributed by atoms with Crippen LogP contribution in [-0.4, -0.2) is 6.61 Å². The fourth-order valence-corrected chi connectivity index (χ4v) is 2.26. The molecule has 0 amide bonds. The minimum atomic E-state index is -2.81. The summed E-state index contributed by atoms with van der Waals surface area (Å²) >= 11 is 0. The number of aryl methyl sites for hydroxylation is 1. The Labute approximate surface area is 123 Å². The summed E-state index contributed by atoms with van der Waals surface area (Å²) in [6.07, 6.45) is 2.71. The van der Waals surface area contributed by atoms with E-state index in [1.54, 1.807) is 12.1 Å². The zero-order valence-electron chi connectivity index (χ0n) is 11.7. The minimum Gasteiger partial charge on any atom is -0.435 e. The zero-order valence-corrected chi connectivity index (χ0v) is 11.7. The molecule has 4 heteroatoms. The number of nitrogens with two attached hydrogens (primary N) is 1. The Morgan fingerprint density at radius 1 is 1.00 bits per heavy atom. The van der Waals surface area contributed by atoms with Gasteiger partial charge in [0.05, 0.1) is 0 Å². The molecule has 0 spiro atoms. The van der Waals surface area contributed by atoms with E-state index in [9.17, 15) is 8.78 Å². The van der Waals surface area contributed by atoms with Crippen LogP contribution in [0.1, 0.15) is 30.0 Å². The highest BCUT2D eigenvalue weighted by atomic mass is 19.3. The minimum absolute atomic E-state index is 0.154. The van der Waals surface area contributed by atoms with Crippen molar-refractivity contribution >= 4 is 0 Å². The molecule has 0 bridgehead atoms. The van der Waals surface area contributed by atoms with Gasteiger partial charge in [-0.15, -0.1) is 0 Å². The van der Waals surface area contributed by atoms with Gasteiger partial charge in [-0.1, -0.05) is 42.5 Å². The molecule has 2 aromatic rings. The summed E-state index contributed by atoms with van der Waals surface area (Å²) in [4.78, 5) is 0. The smallest absolute Gasteiger partial charge is 0.387 e. The Bertz CT molecular complexity index is 545. The van der Waals surface area contributed by atoms with E-state index in [-0.39, 0.29) is 11.8 Å². The van der Waals surface area contributed by atoms with Crippen LogP contribution in [0.15, 0.2) is 54.6 Å². The van der Waals surface area contributed by atoms with E-state index in [1.165, 1.54) is 11.6 Å². The van der Waals surface area contributed by atoms with Gasteiger partial charge in [0.2, 0.25) is 0 Å². The van der Waals surface area contributed by atoms with E-state index in [1.807, 2.05) is 24.3 Å². The molecule has 2 N–H and O–H groups in total. The summed E-state index contributed by atoms with van der Waals surface area (Å²) in [6, 6.07) is 16.6.